The van der Waals surface area contributed by atoms with Crippen molar-refractivity contribution in [1.29, 1.82) is 0 Å². The summed E-state index contributed by atoms with van der Waals surface area (Å²) in [7, 11) is 1.75. The highest BCUT2D eigenvalue weighted by atomic mass is 16.5. The van der Waals surface area contributed by atoms with E-state index in [-0.39, 0.29) is 18.4 Å². The standard InChI is InChI=1S/C21H31N3O3/c1-16-9-5-6-10-17(16)19-20(27-15-18(25)23(19)2)21(26)22-11-14-24-12-7-3-4-8-13-24/h5-6,9-10,19-20H,3-4,7-8,11-15H2,1-2H3,(H,22,26)/t19-,20+/m1/s1. The van der Waals surface area contributed by atoms with E-state index in [1.54, 1.807) is 11.9 Å². The molecular formula is C21H31N3O3. The first-order chi connectivity index (χ1) is 13.1. The van der Waals surface area contributed by atoms with Crippen molar-refractivity contribution in [3.63, 3.8) is 0 Å². The Labute approximate surface area is 161 Å². The molecule has 0 aromatic heterocycles. The molecule has 0 radical (unpaired) electrons. The molecule has 6 heteroatoms. The van der Waals surface area contributed by atoms with E-state index in [1.165, 1.54) is 25.7 Å². The van der Waals surface area contributed by atoms with Crippen LogP contribution in [0.5, 0.6) is 0 Å². The van der Waals surface area contributed by atoms with Crippen LogP contribution in [0.15, 0.2) is 24.3 Å². The number of morpholine rings is 1. The Morgan fingerprint density at radius 1 is 1.19 bits per heavy atom. The van der Waals surface area contributed by atoms with Crippen molar-refractivity contribution in [2.75, 3.05) is 39.8 Å². The molecule has 148 valence electrons. The average molecular weight is 373 g/mol. The first-order valence-electron chi connectivity index (χ1n) is 10.0. The highest BCUT2D eigenvalue weighted by Gasteiger charge is 2.40. The summed E-state index contributed by atoms with van der Waals surface area (Å²) in [5, 5.41) is 3.03. The molecule has 2 aliphatic heterocycles. The van der Waals surface area contributed by atoms with Crippen LogP contribution in [0.25, 0.3) is 0 Å². The minimum atomic E-state index is -0.682. The number of nitrogens with one attached hydrogen (secondary N) is 1. The second-order valence-electron chi connectivity index (χ2n) is 7.58. The molecule has 1 aromatic rings. The molecule has 0 aliphatic carbocycles. The lowest BCUT2D eigenvalue weighted by Crippen LogP contribution is -2.53. The number of hydrogen-bond acceptors (Lipinski definition) is 4. The van der Waals surface area contributed by atoms with Gasteiger partial charge in [-0.2, -0.15) is 0 Å². The zero-order valence-electron chi connectivity index (χ0n) is 16.4. The van der Waals surface area contributed by atoms with Crippen LogP contribution in [-0.2, 0) is 14.3 Å². The fourth-order valence-electron chi connectivity index (χ4n) is 4.02. The van der Waals surface area contributed by atoms with Gasteiger partial charge in [0.15, 0.2) is 6.10 Å². The summed E-state index contributed by atoms with van der Waals surface area (Å²) < 4.78 is 5.69. The summed E-state index contributed by atoms with van der Waals surface area (Å²) in [6, 6.07) is 7.46. The molecule has 0 spiro atoms. The molecule has 2 heterocycles. The van der Waals surface area contributed by atoms with Crippen LogP contribution in [0.3, 0.4) is 0 Å². The predicted octanol–water partition coefficient (Wildman–Crippen LogP) is 1.89. The van der Waals surface area contributed by atoms with E-state index in [4.69, 9.17) is 4.74 Å². The van der Waals surface area contributed by atoms with E-state index >= 15 is 0 Å². The summed E-state index contributed by atoms with van der Waals surface area (Å²) in [6.07, 6.45) is 4.40. The average Bonchev–Trinajstić information content (AvgIpc) is 2.93. The fraction of sp³-hybridized carbons (Fsp3) is 0.619. The van der Waals surface area contributed by atoms with Crippen LogP contribution in [-0.4, -0.2) is 67.6 Å². The third-order valence-electron chi connectivity index (χ3n) is 5.68. The summed E-state index contributed by atoms with van der Waals surface area (Å²) in [5.41, 5.74) is 2.01. The second-order valence-corrected chi connectivity index (χ2v) is 7.58. The lowest BCUT2D eigenvalue weighted by molar-refractivity contribution is -0.162. The highest BCUT2D eigenvalue weighted by molar-refractivity contribution is 5.86. The van der Waals surface area contributed by atoms with Crippen molar-refractivity contribution in [1.82, 2.24) is 15.1 Å². The molecule has 0 saturated carbocycles. The Morgan fingerprint density at radius 2 is 1.89 bits per heavy atom. The van der Waals surface area contributed by atoms with Gasteiger partial charge in [-0.05, 0) is 44.0 Å². The summed E-state index contributed by atoms with van der Waals surface area (Å²) in [6.45, 7) is 5.64. The van der Waals surface area contributed by atoms with E-state index in [9.17, 15) is 9.59 Å². The maximum absolute atomic E-state index is 12.9. The number of carbonyl (C=O) groups is 2. The Morgan fingerprint density at radius 3 is 2.59 bits per heavy atom. The van der Waals surface area contributed by atoms with Gasteiger partial charge in [0.1, 0.15) is 6.61 Å². The van der Waals surface area contributed by atoms with Crippen molar-refractivity contribution < 1.29 is 14.3 Å². The number of likely N-dealkylation sites (tertiary alicyclic amines) is 1. The monoisotopic (exact) mass is 373 g/mol. The Kier molecular flexibility index (Phi) is 6.85. The number of amides is 2. The first kappa shape index (κ1) is 19.8. The van der Waals surface area contributed by atoms with Gasteiger partial charge >= 0.3 is 0 Å². The quantitative estimate of drug-likeness (QED) is 0.856. The number of ether oxygens (including phenoxy) is 1. The number of benzene rings is 1. The molecule has 0 bridgehead atoms. The SMILES string of the molecule is Cc1ccccc1[C@@H]1[C@@H](C(=O)NCCN2CCCCCC2)OCC(=O)N1C. The molecule has 27 heavy (non-hydrogen) atoms. The number of likely N-dealkylation sites (N-methyl/N-ethyl adjacent to an activating group) is 1. The molecule has 1 aromatic carbocycles. The smallest absolute Gasteiger partial charge is 0.251 e. The van der Waals surface area contributed by atoms with Gasteiger partial charge in [0.05, 0.1) is 6.04 Å². The number of aryl methyl sites for hydroxylation is 1. The van der Waals surface area contributed by atoms with Gasteiger partial charge in [-0.3, -0.25) is 9.59 Å². The second kappa shape index (κ2) is 9.33. The van der Waals surface area contributed by atoms with Crippen molar-refractivity contribution in [3.05, 3.63) is 35.4 Å². The van der Waals surface area contributed by atoms with Crippen molar-refractivity contribution >= 4 is 11.8 Å². The third-order valence-corrected chi connectivity index (χ3v) is 5.68. The van der Waals surface area contributed by atoms with Gasteiger partial charge in [0.25, 0.3) is 5.91 Å². The van der Waals surface area contributed by atoms with Crippen LogP contribution in [0.2, 0.25) is 0 Å². The van der Waals surface area contributed by atoms with E-state index in [0.29, 0.717) is 6.54 Å². The lowest BCUT2D eigenvalue weighted by atomic mass is 9.94. The first-order valence-corrected chi connectivity index (χ1v) is 10.0. The maximum Gasteiger partial charge on any atom is 0.251 e. The minimum absolute atomic E-state index is 0.0525. The Balaban J connectivity index is 1.64. The zero-order chi connectivity index (χ0) is 19.2. The lowest BCUT2D eigenvalue weighted by Gasteiger charge is -2.39. The number of rotatable bonds is 5. The molecule has 2 fully saturated rings. The van der Waals surface area contributed by atoms with Gasteiger partial charge in [-0.25, -0.2) is 0 Å². The molecule has 2 aliphatic rings. The summed E-state index contributed by atoms with van der Waals surface area (Å²) >= 11 is 0. The summed E-state index contributed by atoms with van der Waals surface area (Å²) in [5.74, 6) is -0.241. The molecule has 3 rings (SSSR count). The Bertz CT molecular complexity index is 656. The van der Waals surface area contributed by atoms with Crippen LogP contribution in [0, 0.1) is 6.92 Å². The summed E-state index contributed by atoms with van der Waals surface area (Å²) in [4.78, 5) is 29.1. The number of hydrogen-bond donors (Lipinski definition) is 1. The van der Waals surface area contributed by atoms with Crippen LogP contribution in [0.1, 0.15) is 42.9 Å². The van der Waals surface area contributed by atoms with Crippen LogP contribution < -0.4 is 5.32 Å². The van der Waals surface area contributed by atoms with Gasteiger partial charge in [-0.1, -0.05) is 37.1 Å². The van der Waals surface area contributed by atoms with Gasteiger partial charge < -0.3 is 19.9 Å². The van der Waals surface area contributed by atoms with Crippen LogP contribution >= 0.6 is 0 Å². The Hall–Kier alpha value is -1.92. The maximum atomic E-state index is 12.9. The normalized spacial score (nSPS) is 24.5. The predicted molar refractivity (Wildman–Crippen MR) is 104 cm³/mol. The van der Waals surface area contributed by atoms with E-state index < -0.39 is 12.1 Å². The third kappa shape index (κ3) is 4.87. The van der Waals surface area contributed by atoms with E-state index in [0.717, 1.165) is 30.8 Å². The minimum Gasteiger partial charge on any atom is -0.356 e. The zero-order valence-corrected chi connectivity index (χ0v) is 16.4. The van der Waals surface area contributed by atoms with Gasteiger partial charge in [0, 0.05) is 20.1 Å². The van der Waals surface area contributed by atoms with E-state index in [1.807, 2.05) is 31.2 Å². The molecule has 0 unspecified atom stereocenters. The fourth-order valence-corrected chi connectivity index (χ4v) is 4.02. The topological polar surface area (TPSA) is 61.9 Å². The molecule has 2 atom stereocenters. The number of carbonyl (C=O) groups excluding carboxylic acids is 2. The van der Waals surface area contributed by atoms with Gasteiger partial charge in [-0.15, -0.1) is 0 Å². The van der Waals surface area contributed by atoms with Crippen LogP contribution in [0.4, 0.5) is 0 Å². The molecule has 6 nitrogen and oxygen atoms in total. The van der Waals surface area contributed by atoms with E-state index in [2.05, 4.69) is 10.2 Å². The van der Waals surface area contributed by atoms with Gasteiger partial charge in [0.2, 0.25) is 5.91 Å². The van der Waals surface area contributed by atoms with Crippen molar-refractivity contribution in [2.24, 2.45) is 0 Å². The number of nitrogens with zero attached hydrogens (tertiary/aromatic N) is 2. The van der Waals surface area contributed by atoms with Crippen molar-refractivity contribution in [3.8, 4) is 0 Å². The molecule has 2 saturated heterocycles. The largest absolute Gasteiger partial charge is 0.356 e. The highest BCUT2D eigenvalue weighted by Crippen LogP contribution is 2.31. The molecule has 2 amide bonds. The molecular weight excluding hydrogens is 342 g/mol. The molecule has 1 N–H and O–H groups in total. The van der Waals surface area contributed by atoms with Crippen molar-refractivity contribution in [2.45, 2.75) is 44.8 Å².